The number of hydrogen-bond donors (Lipinski definition) is 0. The minimum Gasteiger partial charge on any atom is -0.371 e. The van der Waals surface area contributed by atoms with E-state index in [0.29, 0.717) is 5.92 Å². The van der Waals surface area contributed by atoms with E-state index in [1.54, 1.807) is 0 Å². The Kier molecular flexibility index (Phi) is 6.24. The molecule has 0 spiro atoms. The van der Waals surface area contributed by atoms with Gasteiger partial charge in [-0.1, -0.05) is 98.7 Å². The third-order valence-corrected chi connectivity index (χ3v) is 5.59. The number of likely N-dealkylation sites (N-methyl/N-ethyl adjacent to an activating group) is 1. The molecule has 0 bridgehead atoms. The minimum absolute atomic E-state index is 0.201. The molecule has 0 N–H and O–H groups in total. The van der Waals surface area contributed by atoms with Crippen molar-refractivity contribution in [1.29, 1.82) is 0 Å². The van der Waals surface area contributed by atoms with Gasteiger partial charge < -0.3 is 4.90 Å². The van der Waals surface area contributed by atoms with Gasteiger partial charge in [-0.15, -0.1) is 0 Å². The van der Waals surface area contributed by atoms with Gasteiger partial charge in [0.05, 0.1) is 0 Å². The number of benzene rings is 1. The molecule has 2 aliphatic carbocycles. The molecule has 0 radical (unpaired) electrons. The third-order valence-electron chi connectivity index (χ3n) is 5.59. The molecule has 1 aromatic rings. The first-order valence-electron chi connectivity index (χ1n) is 10.2. The monoisotopic (exact) mass is 371 g/mol. The number of nitrogens with zero attached hydrogens (tertiary/aromatic N) is 1. The Hall–Kier alpha value is -2.54. The first-order chi connectivity index (χ1) is 13.3. The highest BCUT2D eigenvalue weighted by molar-refractivity contribution is 5.50. The number of anilines is 1. The highest BCUT2D eigenvalue weighted by Gasteiger charge is 2.21. The fourth-order valence-corrected chi connectivity index (χ4v) is 3.95. The second-order valence-corrected chi connectivity index (χ2v) is 8.90. The standard InChI is InChI=1S/C27H33N/c1-21-11-10-12-22(19-26(21)27(2,3)4)20-28(5)25-17-15-24(16-18-25)23-13-8-6-7-9-14-23/h6-18,23H,19-20H2,1-5H3. The van der Waals surface area contributed by atoms with Crippen molar-refractivity contribution in [2.45, 2.75) is 40.0 Å². The number of allylic oxidation sites excluding steroid dienone is 11. The first kappa shape index (κ1) is 20.2. The van der Waals surface area contributed by atoms with Crippen LogP contribution in [0.25, 0.3) is 0 Å². The molecule has 146 valence electrons. The number of rotatable bonds is 4. The summed E-state index contributed by atoms with van der Waals surface area (Å²) >= 11 is 0. The Morgan fingerprint density at radius 2 is 1.57 bits per heavy atom. The Bertz CT molecular complexity index is 848. The summed E-state index contributed by atoms with van der Waals surface area (Å²) in [5.41, 5.74) is 7.20. The van der Waals surface area contributed by atoms with Gasteiger partial charge in [-0.25, -0.2) is 0 Å². The zero-order valence-corrected chi connectivity index (χ0v) is 17.9. The Labute approximate surface area is 171 Å². The van der Waals surface area contributed by atoms with Gasteiger partial charge in [0.15, 0.2) is 0 Å². The fraction of sp³-hybridized carbons (Fsp3) is 0.333. The van der Waals surface area contributed by atoms with Crippen LogP contribution in [0.15, 0.2) is 95.7 Å². The van der Waals surface area contributed by atoms with Crippen LogP contribution >= 0.6 is 0 Å². The van der Waals surface area contributed by atoms with Crippen LogP contribution in [0.4, 0.5) is 5.69 Å². The lowest BCUT2D eigenvalue weighted by atomic mass is 9.80. The molecule has 0 heterocycles. The van der Waals surface area contributed by atoms with Crippen LogP contribution in [0.1, 0.15) is 45.6 Å². The van der Waals surface area contributed by atoms with Crippen LogP contribution in [-0.2, 0) is 0 Å². The second-order valence-electron chi connectivity index (χ2n) is 8.90. The molecular formula is C27H33N. The normalized spacial score (nSPS) is 17.5. The Morgan fingerprint density at radius 3 is 2.18 bits per heavy atom. The van der Waals surface area contributed by atoms with Crippen molar-refractivity contribution >= 4 is 5.69 Å². The Morgan fingerprint density at radius 1 is 0.929 bits per heavy atom. The topological polar surface area (TPSA) is 3.24 Å². The Balaban J connectivity index is 1.70. The molecule has 0 aromatic heterocycles. The summed E-state index contributed by atoms with van der Waals surface area (Å²) in [6.07, 6.45) is 20.7. The molecule has 0 saturated heterocycles. The van der Waals surface area contributed by atoms with E-state index < -0.39 is 0 Å². The van der Waals surface area contributed by atoms with Crippen LogP contribution < -0.4 is 4.90 Å². The molecule has 0 atom stereocenters. The summed E-state index contributed by atoms with van der Waals surface area (Å²) < 4.78 is 0. The molecule has 1 heteroatoms. The predicted molar refractivity (Wildman–Crippen MR) is 124 cm³/mol. The van der Waals surface area contributed by atoms with Gasteiger partial charge in [0.1, 0.15) is 0 Å². The zero-order valence-electron chi connectivity index (χ0n) is 17.9. The van der Waals surface area contributed by atoms with Crippen molar-refractivity contribution in [1.82, 2.24) is 0 Å². The SMILES string of the molecule is CC1=C(C(C)(C)C)CC(CN(C)c2ccc(C3C=CC=CC=C3)cc2)=CC=C1. The molecule has 3 rings (SSSR count). The van der Waals surface area contributed by atoms with Gasteiger partial charge in [-0.2, -0.15) is 0 Å². The van der Waals surface area contributed by atoms with E-state index in [1.165, 1.54) is 28.0 Å². The number of hydrogen-bond acceptors (Lipinski definition) is 1. The molecule has 0 amide bonds. The molecule has 0 fully saturated rings. The lowest BCUT2D eigenvalue weighted by molar-refractivity contribution is 0.486. The summed E-state index contributed by atoms with van der Waals surface area (Å²) in [4.78, 5) is 2.35. The van der Waals surface area contributed by atoms with E-state index in [-0.39, 0.29) is 5.41 Å². The lowest BCUT2D eigenvalue weighted by Gasteiger charge is -2.28. The van der Waals surface area contributed by atoms with Crippen LogP contribution in [0.2, 0.25) is 0 Å². The van der Waals surface area contributed by atoms with E-state index in [1.807, 2.05) is 0 Å². The average molecular weight is 372 g/mol. The molecular weight excluding hydrogens is 338 g/mol. The molecule has 28 heavy (non-hydrogen) atoms. The molecule has 0 saturated carbocycles. The quantitative estimate of drug-likeness (QED) is 0.544. The van der Waals surface area contributed by atoms with Gasteiger partial charge >= 0.3 is 0 Å². The highest BCUT2D eigenvalue weighted by Crippen LogP contribution is 2.35. The average Bonchev–Trinajstić information content (AvgIpc) is 3.03. The van der Waals surface area contributed by atoms with Crippen molar-refractivity contribution in [3.05, 3.63) is 101 Å². The largest absolute Gasteiger partial charge is 0.371 e. The maximum absolute atomic E-state index is 2.35. The van der Waals surface area contributed by atoms with Crippen molar-refractivity contribution < 1.29 is 0 Å². The van der Waals surface area contributed by atoms with Crippen LogP contribution in [0.5, 0.6) is 0 Å². The predicted octanol–water partition coefficient (Wildman–Crippen LogP) is 7.14. The van der Waals surface area contributed by atoms with E-state index in [0.717, 1.165) is 13.0 Å². The smallest absolute Gasteiger partial charge is 0.0391 e. The van der Waals surface area contributed by atoms with E-state index >= 15 is 0 Å². The van der Waals surface area contributed by atoms with Crippen molar-refractivity contribution in [2.75, 3.05) is 18.5 Å². The van der Waals surface area contributed by atoms with Crippen LogP contribution in [0.3, 0.4) is 0 Å². The molecule has 0 unspecified atom stereocenters. The summed E-state index contributed by atoms with van der Waals surface area (Å²) in [6, 6.07) is 8.99. The summed E-state index contributed by atoms with van der Waals surface area (Å²) in [5.74, 6) is 0.353. The third kappa shape index (κ3) is 5.04. The van der Waals surface area contributed by atoms with Gasteiger partial charge in [0, 0.05) is 25.2 Å². The molecule has 2 aliphatic rings. The first-order valence-corrected chi connectivity index (χ1v) is 10.2. The highest BCUT2D eigenvalue weighted by atomic mass is 15.1. The van der Waals surface area contributed by atoms with Gasteiger partial charge in [-0.3, -0.25) is 0 Å². The van der Waals surface area contributed by atoms with Gasteiger partial charge in [0.2, 0.25) is 0 Å². The van der Waals surface area contributed by atoms with E-state index in [9.17, 15) is 0 Å². The fourth-order valence-electron chi connectivity index (χ4n) is 3.95. The maximum atomic E-state index is 2.35. The molecule has 1 nitrogen and oxygen atoms in total. The van der Waals surface area contributed by atoms with Crippen LogP contribution in [-0.4, -0.2) is 13.6 Å². The van der Waals surface area contributed by atoms with Crippen molar-refractivity contribution in [3.63, 3.8) is 0 Å². The summed E-state index contributed by atoms with van der Waals surface area (Å²) in [7, 11) is 2.19. The summed E-state index contributed by atoms with van der Waals surface area (Å²) in [5, 5.41) is 0. The van der Waals surface area contributed by atoms with Crippen LogP contribution in [0, 0.1) is 5.41 Å². The van der Waals surface area contributed by atoms with Gasteiger partial charge in [-0.05, 0) is 42.0 Å². The van der Waals surface area contributed by atoms with Gasteiger partial charge in [0.25, 0.3) is 0 Å². The van der Waals surface area contributed by atoms with Crippen molar-refractivity contribution in [3.8, 4) is 0 Å². The van der Waals surface area contributed by atoms with E-state index in [2.05, 4.69) is 119 Å². The minimum atomic E-state index is 0.201. The maximum Gasteiger partial charge on any atom is 0.0391 e. The van der Waals surface area contributed by atoms with Crippen molar-refractivity contribution in [2.24, 2.45) is 5.41 Å². The molecule has 1 aromatic carbocycles. The zero-order chi connectivity index (χ0) is 20.1. The van der Waals surface area contributed by atoms with E-state index in [4.69, 9.17) is 0 Å². The second kappa shape index (κ2) is 8.65. The summed E-state index contributed by atoms with van der Waals surface area (Å²) in [6.45, 7) is 10.1. The molecule has 0 aliphatic heterocycles. The lowest BCUT2D eigenvalue weighted by Crippen LogP contribution is -2.22.